The first kappa shape index (κ1) is 11.9. The lowest BCUT2D eigenvalue weighted by Crippen LogP contribution is -2.29. The average Bonchev–Trinajstić information content (AvgIpc) is 2.39. The summed E-state index contributed by atoms with van der Waals surface area (Å²) in [5.74, 6) is -0.371. The van der Waals surface area contributed by atoms with Crippen LogP contribution in [0.5, 0.6) is 0 Å². The van der Waals surface area contributed by atoms with Crippen LogP contribution in [0.2, 0.25) is 0 Å². The van der Waals surface area contributed by atoms with E-state index in [1.54, 1.807) is 12.1 Å². The summed E-state index contributed by atoms with van der Waals surface area (Å²) < 4.78 is 0. The molecule has 2 N–H and O–H groups in total. The fraction of sp³-hybridized carbons (Fsp3) is 0.357. The van der Waals surface area contributed by atoms with Gasteiger partial charge >= 0.3 is 0 Å². The summed E-state index contributed by atoms with van der Waals surface area (Å²) in [6.45, 7) is 5.39. The van der Waals surface area contributed by atoms with Crippen LogP contribution in [0, 0.1) is 0 Å². The molecule has 0 saturated carbocycles. The lowest BCUT2D eigenvalue weighted by molar-refractivity contribution is 0.100. The Hall–Kier alpha value is -1.61. The Morgan fingerprint density at radius 1 is 1.35 bits per heavy atom. The third-order valence-corrected chi connectivity index (χ3v) is 3.22. The number of rotatable bonds is 3. The molecule has 0 atom stereocenters. The normalized spacial score (nSPS) is 16.6. The van der Waals surface area contributed by atoms with E-state index in [1.807, 2.05) is 12.1 Å². The maximum absolute atomic E-state index is 11.0. The first-order valence-electron chi connectivity index (χ1n) is 6.02. The summed E-state index contributed by atoms with van der Waals surface area (Å²) in [6, 6.07) is 7.54. The van der Waals surface area contributed by atoms with E-state index >= 15 is 0 Å². The van der Waals surface area contributed by atoms with E-state index in [1.165, 1.54) is 11.1 Å². The largest absolute Gasteiger partial charge is 0.366 e. The van der Waals surface area contributed by atoms with Crippen molar-refractivity contribution in [2.75, 3.05) is 19.6 Å². The van der Waals surface area contributed by atoms with Gasteiger partial charge in [-0.2, -0.15) is 0 Å². The van der Waals surface area contributed by atoms with Crippen molar-refractivity contribution in [2.24, 2.45) is 5.73 Å². The molecule has 0 aromatic heterocycles. The van der Waals surface area contributed by atoms with Crippen molar-refractivity contribution in [3.05, 3.63) is 41.5 Å². The van der Waals surface area contributed by atoms with E-state index in [-0.39, 0.29) is 5.91 Å². The van der Waals surface area contributed by atoms with Crippen LogP contribution in [0.4, 0.5) is 0 Å². The SMILES string of the molecule is CCN1CCC=C(c2ccc(C(N)=O)cc2)C1. The van der Waals surface area contributed by atoms with Crippen LogP contribution in [-0.4, -0.2) is 30.4 Å². The third-order valence-electron chi connectivity index (χ3n) is 3.22. The molecule has 1 amide bonds. The van der Waals surface area contributed by atoms with Gasteiger partial charge in [0.15, 0.2) is 0 Å². The molecule has 0 radical (unpaired) electrons. The number of amides is 1. The van der Waals surface area contributed by atoms with Crippen LogP contribution in [0.1, 0.15) is 29.3 Å². The standard InChI is InChI=1S/C14H18N2O/c1-2-16-9-3-4-13(10-16)11-5-7-12(8-6-11)14(15)17/h4-8H,2-3,9-10H2,1H3,(H2,15,17). The van der Waals surface area contributed by atoms with E-state index < -0.39 is 0 Å². The van der Waals surface area contributed by atoms with Gasteiger partial charge in [0.1, 0.15) is 0 Å². The second-order valence-corrected chi connectivity index (χ2v) is 4.33. The van der Waals surface area contributed by atoms with Gasteiger partial charge in [-0.05, 0) is 36.2 Å². The highest BCUT2D eigenvalue weighted by Crippen LogP contribution is 2.20. The predicted molar refractivity (Wildman–Crippen MR) is 69.7 cm³/mol. The second-order valence-electron chi connectivity index (χ2n) is 4.33. The van der Waals surface area contributed by atoms with E-state index in [0.717, 1.165) is 26.1 Å². The topological polar surface area (TPSA) is 46.3 Å². The Labute approximate surface area is 102 Å². The molecule has 0 unspecified atom stereocenters. The maximum Gasteiger partial charge on any atom is 0.248 e. The zero-order chi connectivity index (χ0) is 12.3. The van der Waals surface area contributed by atoms with Gasteiger partial charge < -0.3 is 5.73 Å². The summed E-state index contributed by atoms with van der Waals surface area (Å²) in [7, 11) is 0. The molecule has 17 heavy (non-hydrogen) atoms. The molecule has 1 aromatic carbocycles. The molecule has 90 valence electrons. The van der Waals surface area contributed by atoms with Gasteiger partial charge in [-0.25, -0.2) is 0 Å². The summed E-state index contributed by atoms with van der Waals surface area (Å²) in [6.07, 6.45) is 3.38. The van der Waals surface area contributed by atoms with Gasteiger partial charge in [-0.15, -0.1) is 0 Å². The minimum atomic E-state index is -0.371. The average molecular weight is 230 g/mol. The molecule has 2 rings (SSSR count). The van der Waals surface area contributed by atoms with Crippen molar-refractivity contribution >= 4 is 11.5 Å². The smallest absolute Gasteiger partial charge is 0.248 e. The first-order valence-corrected chi connectivity index (χ1v) is 6.02. The van der Waals surface area contributed by atoms with Gasteiger partial charge in [0.2, 0.25) is 5.91 Å². The molecule has 1 aromatic rings. The molecule has 3 nitrogen and oxygen atoms in total. The highest BCUT2D eigenvalue weighted by molar-refractivity contribution is 5.93. The minimum Gasteiger partial charge on any atom is -0.366 e. The van der Waals surface area contributed by atoms with Crippen molar-refractivity contribution in [3.8, 4) is 0 Å². The molecule has 0 aliphatic carbocycles. The molecule has 0 saturated heterocycles. The molecule has 3 heteroatoms. The molecule has 1 heterocycles. The number of nitrogens with two attached hydrogens (primary N) is 1. The Morgan fingerprint density at radius 2 is 2.06 bits per heavy atom. The minimum absolute atomic E-state index is 0.371. The van der Waals surface area contributed by atoms with Gasteiger partial charge in [0, 0.05) is 18.7 Å². The van der Waals surface area contributed by atoms with E-state index in [4.69, 9.17) is 5.73 Å². The number of benzene rings is 1. The Morgan fingerprint density at radius 3 is 2.65 bits per heavy atom. The fourth-order valence-electron chi connectivity index (χ4n) is 2.13. The van der Waals surface area contributed by atoms with Crippen molar-refractivity contribution < 1.29 is 4.79 Å². The van der Waals surface area contributed by atoms with Gasteiger partial charge in [-0.3, -0.25) is 9.69 Å². The van der Waals surface area contributed by atoms with Crippen LogP contribution in [0.25, 0.3) is 5.57 Å². The Balaban J connectivity index is 2.17. The highest BCUT2D eigenvalue weighted by atomic mass is 16.1. The fourth-order valence-corrected chi connectivity index (χ4v) is 2.13. The number of carbonyl (C=O) groups excluding carboxylic acids is 1. The van der Waals surface area contributed by atoms with Crippen LogP contribution < -0.4 is 5.73 Å². The number of likely N-dealkylation sites (N-methyl/N-ethyl adjacent to an activating group) is 1. The maximum atomic E-state index is 11.0. The van der Waals surface area contributed by atoms with E-state index in [0.29, 0.717) is 5.56 Å². The molecule has 0 spiro atoms. The molecule has 1 aliphatic heterocycles. The van der Waals surface area contributed by atoms with Crippen molar-refractivity contribution in [3.63, 3.8) is 0 Å². The van der Waals surface area contributed by atoms with Crippen LogP contribution in [0.3, 0.4) is 0 Å². The molecular weight excluding hydrogens is 212 g/mol. The third kappa shape index (κ3) is 2.74. The molecule has 1 aliphatic rings. The van der Waals surface area contributed by atoms with Gasteiger partial charge in [-0.1, -0.05) is 25.1 Å². The Kier molecular flexibility index (Phi) is 3.59. The van der Waals surface area contributed by atoms with E-state index in [9.17, 15) is 4.79 Å². The number of hydrogen-bond acceptors (Lipinski definition) is 2. The summed E-state index contributed by atoms with van der Waals surface area (Å²) in [5, 5.41) is 0. The van der Waals surface area contributed by atoms with Gasteiger partial charge in [0.25, 0.3) is 0 Å². The van der Waals surface area contributed by atoms with E-state index in [2.05, 4.69) is 17.9 Å². The van der Waals surface area contributed by atoms with Crippen LogP contribution >= 0.6 is 0 Å². The molecule has 0 fully saturated rings. The zero-order valence-corrected chi connectivity index (χ0v) is 10.1. The molecular formula is C14H18N2O. The summed E-state index contributed by atoms with van der Waals surface area (Å²) in [5.41, 5.74) is 8.32. The predicted octanol–water partition coefficient (Wildman–Crippen LogP) is 1.89. The lowest BCUT2D eigenvalue weighted by atomic mass is 10.00. The summed E-state index contributed by atoms with van der Waals surface area (Å²) in [4.78, 5) is 13.4. The second kappa shape index (κ2) is 5.15. The summed E-state index contributed by atoms with van der Waals surface area (Å²) >= 11 is 0. The van der Waals surface area contributed by atoms with Crippen molar-refractivity contribution in [1.82, 2.24) is 4.90 Å². The van der Waals surface area contributed by atoms with Gasteiger partial charge in [0.05, 0.1) is 0 Å². The lowest BCUT2D eigenvalue weighted by Gasteiger charge is -2.26. The monoisotopic (exact) mass is 230 g/mol. The number of nitrogens with zero attached hydrogens (tertiary/aromatic N) is 1. The van der Waals surface area contributed by atoms with Crippen molar-refractivity contribution in [1.29, 1.82) is 0 Å². The first-order chi connectivity index (χ1) is 8.20. The highest BCUT2D eigenvalue weighted by Gasteiger charge is 2.12. The number of carbonyl (C=O) groups is 1. The Bertz CT molecular complexity index is 434. The quantitative estimate of drug-likeness (QED) is 0.862. The van der Waals surface area contributed by atoms with Crippen LogP contribution in [-0.2, 0) is 0 Å². The van der Waals surface area contributed by atoms with Crippen LogP contribution in [0.15, 0.2) is 30.3 Å². The number of hydrogen-bond donors (Lipinski definition) is 1. The molecule has 0 bridgehead atoms. The zero-order valence-electron chi connectivity index (χ0n) is 10.1. The van der Waals surface area contributed by atoms with Crippen molar-refractivity contribution in [2.45, 2.75) is 13.3 Å². The number of primary amides is 1.